The minimum atomic E-state index is -4.55. The van der Waals surface area contributed by atoms with Gasteiger partial charge in [-0.1, -0.05) is 17.7 Å². The second kappa shape index (κ2) is 7.86. The van der Waals surface area contributed by atoms with Crippen LogP contribution in [0.4, 0.5) is 13.2 Å². The zero-order valence-electron chi connectivity index (χ0n) is 14.3. The summed E-state index contributed by atoms with van der Waals surface area (Å²) in [6.45, 7) is 0.960. The molecule has 1 atom stereocenters. The Labute approximate surface area is 159 Å². The Kier molecular flexibility index (Phi) is 5.72. The SMILES string of the molecule is O=C(O)C1CCN(C(c2ccncc2)c2ccc(Cl)c(C(F)(F)F)c2)CC1. The number of carbonyl (C=O) groups is 1. The molecular formula is C19H18ClF3N2O2. The van der Waals surface area contributed by atoms with Crippen molar-refractivity contribution >= 4 is 17.6 Å². The lowest BCUT2D eigenvalue weighted by molar-refractivity contribution is -0.143. The fourth-order valence-electron chi connectivity index (χ4n) is 3.49. The van der Waals surface area contributed by atoms with E-state index in [1.165, 1.54) is 6.07 Å². The van der Waals surface area contributed by atoms with Crippen molar-refractivity contribution < 1.29 is 23.1 Å². The smallest absolute Gasteiger partial charge is 0.417 e. The Bertz CT molecular complexity index is 806. The van der Waals surface area contributed by atoms with Gasteiger partial charge < -0.3 is 5.11 Å². The highest BCUT2D eigenvalue weighted by Crippen LogP contribution is 2.39. The van der Waals surface area contributed by atoms with E-state index in [1.807, 2.05) is 4.90 Å². The maximum atomic E-state index is 13.3. The third kappa shape index (κ3) is 4.42. The summed E-state index contributed by atoms with van der Waals surface area (Å²) in [7, 11) is 0. The number of nitrogens with zero attached hydrogens (tertiary/aromatic N) is 2. The molecule has 8 heteroatoms. The van der Waals surface area contributed by atoms with Gasteiger partial charge in [0.2, 0.25) is 0 Å². The molecule has 1 N–H and O–H groups in total. The average molecular weight is 399 g/mol. The molecule has 4 nitrogen and oxygen atoms in total. The molecule has 2 aromatic rings. The van der Waals surface area contributed by atoms with Crippen LogP contribution in [0.3, 0.4) is 0 Å². The monoisotopic (exact) mass is 398 g/mol. The highest BCUT2D eigenvalue weighted by Gasteiger charge is 2.35. The second-order valence-corrected chi connectivity index (χ2v) is 6.98. The number of hydrogen-bond donors (Lipinski definition) is 1. The number of hydrogen-bond acceptors (Lipinski definition) is 3. The molecule has 1 aromatic carbocycles. The van der Waals surface area contributed by atoms with Crippen molar-refractivity contribution in [3.05, 3.63) is 64.4 Å². The summed E-state index contributed by atoms with van der Waals surface area (Å²) in [5.74, 6) is -1.25. The van der Waals surface area contributed by atoms with Crippen LogP contribution in [0.1, 0.15) is 35.6 Å². The van der Waals surface area contributed by atoms with Crippen LogP contribution in [0.2, 0.25) is 5.02 Å². The molecule has 27 heavy (non-hydrogen) atoms. The van der Waals surface area contributed by atoms with Crippen molar-refractivity contribution in [1.29, 1.82) is 0 Å². The predicted molar refractivity (Wildman–Crippen MR) is 94.5 cm³/mol. The first-order valence-corrected chi connectivity index (χ1v) is 8.88. The van der Waals surface area contributed by atoms with Gasteiger partial charge in [-0.25, -0.2) is 0 Å². The molecule has 0 radical (unpaired) electrons. The van der Waals surface area contributed by atoms with Gasteiger partial charge in [0.05, 0.1) is 22.5 Å². The van der Waals surface area contributed by atoms with Crippen LogP contribution in [-0.2, 0) is 11.0 Å². The second-order valence-electron chi connectivity index (χ2n) is 6.57. The molecule has 0 aliphatic carbocycles. The Hall–Kier alpha value is -2.12. The standard InChI is InChI=1S/C19H18ClF3N2O2/c20-16-2-1-14(11-15(16)19(21,22)23)17(12-3-7-24-8-4-12)25-9-5-13(6-10-25)18(26)27/h1-4,7-8,11,13,17H,5-6,9-10H2,(H,26,27). The Morgan fingerprint density at radius 1 is 1.15 bits per heavy atom. The number of alkyl halides is 3. The third-order valence-corrected chi connectivity index (χ3v) is 5.21. The quantitative estimate of drug-likeness (QED) is 0.815. The van der Waals surface area contributed by atoms with Crippen molar-refractivity contribution in [2.75, 3.05) is 13.1 Å². The van der Waals surface area contributed by atoms with Gasteiger partial charge in [-0.3, -0.25) is 14.7 Å². The maximum Gasteiger partial charge on any atom is 0.417 e. The summed E-state index contributed by atoms with van der Waals surface area (Å²) in [5, 5.41) is 8.84. The molecule has 1 aromatic heterocycles. The molecule has 0 spiro atoms. The first-order valence-electron chi connectivity index (χ1n) is 8.51. The van der Waals surface area contributed by atoms with E-state index in [4.69, 9.17) is 11.6 Å². The number of piperidine rings is 1. The number of likely N-dealkylation sites (tertiary alicyclic amines) is 1. The summed E-state index contributed by atoms with van der Waals surface area (Å²) in [4.78, 5) is 17.2. The fraction of sp³-hybridized carbons (Fsp3) is 0.368. The predicted octanol–water partition coefficient (Wildman–Crippen LogP) is 4.64. The first kappa shape index (κ1) is 19.6. The first-order chi connectivity index (χ1) is 12.8. The van der Waals surface area contributed by atoms with Gasteiger partial charge in [0, 0.05) is 12.4 Å². The minimum Gasteiger partial charge on any atom is -0.481 e. The van der Waals surface area contributed by atoms with Crippen molar-refractivity contribution in [3.8, 4) is 0 Å². The van der Waals surface area contributed by atoms with Crippen molar-refractivity contribution in [2.24, 2.45) is 5.92 Å². The lowest BCUT2D eigenvalue weighted by atomic mass is 9.91. The normalized spacial score (nSPS) is 17.6. The molecule has 0 amide bonds. The van der Waals surface area contributed by atoms with Crippen molar-refractivity contribution in [2.45, 2.75) is 25.1 Å². The van der Waals surface area contributed by atoms with Crippen molar-refractivity contribution in [1.82, 2.24) is 9.88 Å². The maximum absolute atomic E-state index is 13.3. The van der Waals surface area contributed by atoms with E-state index < -0.39 is 29.7 Å². The number of aromatic nitrogens is 1. The van der Waals surface area contributed by atoms with Gasteiger partial charge in [-0.2, -0.15) is 13.2 Å². The molecule has 3 rings (SSSR count). The molecule has 0 saturated carbocycles. The van der Waals surface area contributed by atoms with Gasteiger partial charge in [0.15, 0.2) is 0 Å². The largest absolute Gasteiger partial charge is 0.481 e. The number of carboxylic acids is 1. The summed E-state index contributed by atoms with van der Waals surface area (Å²) in [5.41, 5.74) is 0.391. The summed E-state index contributed by atoms with van der Waals surface area (Å²) in [6.07, 6.45) is -0.459. The van der Waals surface area contributed by atoms with Crippen LogP contribution in [0.5, 0.6) is 0 Å². The lowest BCUT2D eigenvalue weighted by Gasteiger charge is -2.37. The van der Waals surface area contributed by atoms with E-state index in [1.54, 1.807) is 30.6 Å². The number of benzene rings is 1. The van der Waals surface area contributed by atoms with Crippen LogP contribution in [0.25, 0.3) is 0 Å². The molecule has 1 saturated heterocycles. The van der Waals surface area contributed by atoms with Gasteiger partial charge in [-0.05, 0) is 61.3 Å². The number of pyridine rings is 1. The van der Waals surface area contributed by atoms with E-state index >= 15 is 0 Å². The minimum absolute atomic E-state index is 0.343. The van der Waals surface area contributed by atoms with E-state index in [0.717, 1.165) is 11.6 Å². The van der Waals surface area contributed by atoms with Crippen LogP contribution >= 0.6 is 11.6 Å². The molecule has 1 fully saturated rings. The van der Waals surface area contributed by atoms with Crippen LogP contribution in [0, 0.1) is 5.92 Å². The van der Waals surface area contributed by atoms with E-state index in [0.29, 0.717) is 31.5 Å². The van der Waals surface area contributed by atoms with E-state index in [2.05, 4.69) is 4.98 Å². The van der Waals surface area contributed by atoms with Crippen LogP contribution < -0.4 is 0 Å². The Morgan fingerprint density at radius 2 is 1.78 bits per heavy atom. The van der Waals surface area contributed by atoms with Crippen LogP contribution in [-0.4, -0.2) is 34.0 Å². The van der Waals surface area contributed by atoms with Gasteiger partial charge in [0.1, 0.15) is 0 Å². The van der Waals surface area contributed by atoms with Crippen molar-refractivity contribution in [3.63, 3.8) is 0 Å². The zero-order chi connectivity index (χ0) is 19.6. The Morgan fingerprint density at radius 3 is 2.33 bits per heavy atom. The molecule has 2 heterocycles. The number of halogens is 4. The highest BCUT2D eigenvalue weighted by atomic mass is 35.5. The molecule has 1 aliphatic heterocycles. The number of carboxylic acid groups (broad SMARTS) is 1. The van der Waals surface area contributed by atoms with Crippen LogP contribution in [0.15, 0.2) is 42.7 Å². The summed E-state index contributed by atoms with van der Waals surface area (Å²) >= 11 is 5.76. The summed E-state index contributed by atoms with van der Waals surface area (Å²) < 4.78 is 39.9. The molecule has 144 valence electrons. The van der Waals surface area contributed by atoms with E-state index in [9.17, 15) is 23.1 Å². The van der Waals surface area contributed by atoms with Gasteiger partial charge in [-0.15, -0.1) is 0 Å². The lowest BCUT2D eigenvalue weighted by Crippen LogP contribution is -2.39. The molecule has 1 aliphatic rings. The third-order valence-electron chi connectivity index (χ3n) is 4.88. The van der Waals surface area contributed by atoms with Gasteiger partial charge >= 0.3 is 12.1 Å². The molecular weight excluding hydrogens is 381 g/mol. The van der Waals surface area contributed by atoms with E-state index in [-0.39, 0.29) is 5.02 Å². The zero-order valence-corrected chi connectivity index (χ0v) is 15.0. The Balaban J connectivity index is 1.98. The highest BCUT2D eigenvalue weighted by molar-refractivity contribution is 6.31. The number of rotatable bonds is 4. The molecule has 1 unspecified atom stereocenters. The average Bonchev–Trinajstić information content (AvgIpc) is 2.64. The topological polar surface area (TPSA) is 53.4 Å². The number of aliphatic carboxylic acids is 1. The summed E-state index contributed by atoms with van der Waals surface area (Å²) in [6, 6.07) is 7.02. The molecule has 0 bridgehead atoms. The van der Waals surface area contributed by atoms with Gasteiger partial charge in [0.25, 0.3) is 0 Å². The fourth-order valence-corrected chi connectivity index (χ4v) is 3.72.